The van der Waals surface area contributed by atoms with Gasteiger partial charge in [-0.05, 0) is 30.9 Å². The zero-order chi connectivity index (χ0) is 12.3. The van der Waals surface area contributed by atoms with Crippen LogP contribution in [0.1, 0.15) is 38.7 Å². The lowest BCUT2D eigenvalue weighted by Crippen LogP contribution is -2.06. The quantitative estimate of drug-likeness (QED) is 0.845. The molecule has 2 atom stereocenters. The molecule has 0 bridgehead atoms. The summed E-state index contributed by atoms with van der Waals surface area (Å²) in [5.74, 6) is 0.0729. The molecule has 0 amide bonds. The van der Waals surface area contributed by atoms with E-state index in [0.29, 0.717) is 6.42 Å². The lowest BCUT2D eigenvalue weighted by atomic mass is 9.92. The fourth-order valence-corrected chi connectivity index (χ4v) is 1.90. The van der Waals surface area contributed by atoms with Gasteiger partial charge in [-0.1, -0.05) is 35.9 Å². The Hall–Kier alpha value is -1.41. The second-order valence-corrected chi connectivity index (χ2v) is 4.06. The van der Waals surface area contributed by atoms with E-state index in [2.05, 4.69) is 0 Å². The van der Waals surface area contributed by atoms with Gasteiger partial charge in [-0.25, -0.2) is 0 Å². The molecule has 0 saturated heterocycles. The predicted molar refractivity (Wildman–Crippen MR) is 63.0 cm³/mol. The van der Waals surface area contributed by atoms with Crippen LogP contribution in [0.2, 0.25) is 0 Å². The average Bonchev–Trinajstić information content (AvgIpc) is 2.38. The molecule has 0 spiro atoms. The molecule has 1 N–H and O–H groups in total. The van der Waals surface area contributed by atoms with Crippen LogP contribution in [0.25, 0.3) is 0 Å². The molecule has 0 aromatic heterocycles. The van der Waals surface area contributed by atoms with Gasteiger partial charge in [0.25, 0.3) is 0 Å². The van der Waals surface area contributed by atoms with Crippen LogP contribution in [0.4, 0.5) is 0 Å². The van der Waals surface area contributed by atoms with E-state index < -0.39 is 12.5 Å². The summed E-state index contributed by atoms with van der Waals surface area (Å²) >= 11 is 0. The van der Waals surface area contributed by atoms with Crippen molar-refractivity contribution in [3.05, 3.63) is 47.5 Å². The molecule has 1 unspecified atom stereocenters. The van der Waals surface area contributed by atoms with Crippen LogP contribution in [-0.4, -0.2) is 10.9 Å². The molecule has 2 heteroatoms. The highest BCUT2D eigenvalue weighted by molar-refractivity contribution is 5.91. The van der Waals surface area contributed by atoms with Crippen molar-refractivity contribution in [2.75, 3.05) is 0 Å². The molecule has 1 aliphatic rings. The topological polar surface area (TPSA) is 37.3 Å². The summed E-state index contributed by atoms with van der Waals surface area (Å²) in [5, 5.41) is 10.1. The van der Waals surface area contributed by atoms with Crippen LogP contribution in [0.3, 0.4) is 0 Å². The van der Waals surface area contributed by atoms with Gasteiger partial charge in [-0.3, -0.25) is 4.79 Å². The Balaban J connectivity index is 2.15. The largest absolute Gasteiger partial charge is 0.388 e. The number of aliphatic hydroxyl groups excluding tert-OH is 1. The third kappa shape index (κ3) is 2.80. The van der Waals surface area contributed by atoms with Crippen LogP contribution >= 0.6 is 0 Å². The maximum atomic E-state index is 11.3. The van der Waals surface area contributed by atoms with Crippen molar-refractivity contribution in [3.63, 3.8) is 0 Å². The summed E-state index contributed by atoms with van der Waals surface area (Å²) in [7, 11) is 0. The van der Waals surface area contributed by atoms with Crippen molar-refractivity contribution in [3.8, 4) is 0 Å². The molecule has 1 aliphatic carbocycles. The van der Waals surface area contributed by atoms with Gasteiger partial charge in [-0.2, -0.15) is 0 Å². The third-order valence-electron chi connectivity index (χ3n) is 2.75. The van der Waals surface area contributed by atoms with Crippen molar-refractivity contribution in [1.29, 1.82) is 0 Å². The number of benzene rings is 1. The Morgan fingerprint density at radius 2 is 2.06 bits per heavy atom. The molecule has 84 valence electrons. The number of allylic oxidation sites excluding steroid dienone is 1. The van der Waals surface area contributed by atoms with E-state index in [1.165, 1.54) is 6.08 Å². The summed E-state index contributed by atoms with van der Waals surface area (Å²) in [6, 6.07) is 9.16. The van der Waals surface area contributed by atoms with E-state index in [1.54, 1.807) is 12.1 Å². The second-order valence-electron chi connectivity index (χ2n) is 4.06. The van der Waals surface area contributed by atoms with E-state index in [9.17, 15) is 9.90 Å². The monoisotopic (exact) mass is 217 g/mol. The van der Waals surface area contributed by atoms with Crippen LogP contribution in [0.5, 0.6) is 0 Å². The maximum absolute atomic E-state index is 11.3. The molecule has 0 aliphatic heterocycles. The number of rotatable bonds is 3. The van der Waals surface area contributed by atoms with Gasteiger partial charge in [0.05, 0.1) is 6.10 Å². The van der Waals surface area contributed by atoms with Gasteiger partial charge in [0.1, 0.15) is 0 Å². The zero-order valence-corrected chi connectivity index (χ0v) is 9.10. The fraction of sp³-hybridized carbons (Fsp3) is 0.357. The van der Waals surface area contributed by atoms with Crippen LogP contribution in [0, 0.1) is 0 Å². The van der Waals surface area contributed by atoms with Crippen LogP contribution in [0.15, 0.2) is 42.0 Å². The van der Waals surface area contributed by atoms with Crippen molar-refractivity contribution >= 4 is 5.78 Å². The number of hydrogen-bond acceptors (Lipinski definition) is 2. The van der Waals surface area contributed by atoms with Crippen molar-refractivity contribution in [2.45, 2.75) is 31.8 Å². The lowest BCUT2D eigenvalue weighted by Gasteiger charge is -2.16. The first kappa shape index (κ1) is 9.79. The highest BCUT2D eigenvalue weighted by Gasteiger charge is 2.14. The van der Waals surface area contributed by atoms with Crippen molar-refractivity contribution < 1.29 is 11.3 Å². The number of carbonyl (C=O) groups is 1. The van der Waals surface area contributed by atoms with Gasteiger partial charge in [0.2, 0.25) is 0 Å². The van der Waals surface area contributed by atoms with E-state index >= 15 is 0 Å². The third-order valence-corrected chi connectivity index (χ3v) is 2.75. The molecule has 1 aromatic carbocycles. The summed E-state index contributed by atoms with van der Waals surface area (Å²) in [5.41, 5.74) is 1.48. The first-order valence-corrected chi connectivity index (χ1v) is 5.57. The summed E-state index contributed by atoms with van der Waals surface area (Å²) in [4.78, 5) is 11.3. The first-order valence-electron chi connectivity index (χ1n) is 6.15. The standard InChI is InChI=1S/C14H16O2/c15-13-8-4-5-11(9-13)10-14(16)12-6-2-1-3-7-12/h1-3,6-7,9,14,16H,4-5,8,10H2/t14-/m1/s1/i10D/t10?,14-. The highest BCUT2D eigenvalue weighted by Crippen LogP contribution is 2.26. The first-order chi connectivity index (χ1) is 8.18. The molecular formula is C14H16O2. The van der Waals surface area contributed by atoms with E-state index in [4.69, 9.17) is 1.37 Å². The van der Waals surface area contributed by atoms with E-state index in [-0.39, 0.29) is 5.78 Å². The van der Waals surface area contributed by atoms with Crippen molar-refractivity contribution in [1.82, 2.24) is 0 Å². The molecule has 0 fully saturated rings. The Kier molecular flexibility index (Phi) is 3.11. The van der Waals surface area contributed by atoms with Gasteiger partial charge in [0, 0.05) is 7.79 Å². The summed E-state index contributed by atoms with van der Waals surface area (Å²) in [6.45, 7) is 0. The number of aliphatic hydroxyl groups is 1. The minimum Gasteiger partial charge on any atom is -0.388 e. The number of ketones is 1. The Bertz CT molecular complexity index is 425. The predicted octanol–water partition coefficient (Wildman–Crippen LogP) is 2.79. The second kappa shape index (κ2) is 5.08. The lowest BCUT2D eigenvalue weighted by molar-refractivity contribution is -0.115. The Morgan fingerprint density at radius 3 is 2.75 bits per heavy atom. The summed E-state index contributed by atoms with van der Waals surface area (Å²) < 4.78 is 8.03. The molecule has 1 aromatic rings. The van der Waals surface area contributed by atoms with Gasteiger partial charge in [-0.15, -0.1) is 0 Å². The fourth-order valence-electron chi connectivity index (χ4n) is 1.90. The molecular weight excluding hydrogens is 200 g/mol. The van der Waals surface area contributed by atoms with Gasteiger partial charge in [0.15, 0.2) is 5.78 Å². The molecule has 16 heavy (non-hydrogen) atoms. The minimum absolute atomic E-state index is 0.0729. The maximum Gasteiger partial charge on any atom is 0.155 e. The molecule has 0 saturated carbocycles. The van der Waals surface area contributed by atoms with Crippen molar-refractivity contribution in [2.24, 2.45) is 0 Å². The summed E-state index contributed by atoms with van der Waals surface area (Å²) in [6.07, 6.45) is 2.05. The van der Waals surface area contributed by atoms with Crippen LogP contribution < -0.4 is 0 Å². The molecule has 0 heterocycles. The van der Waals surface area contributed by atoms with Gasteiger partial charge >= 0.3 is 0 Å². The Labute approximate surface area is 97.0 Å². The van der Waals surface area contributed by atoms with Gasteiger partial charge < -0.3 is 5.11 Å². The van der Waals surface area contributed by atoms with E-state index in [1.807, 2.05) is 18.2 Å². The highest BCUT2D eigenvalue weighted by atomic mass is 16.3. The average molecular weight is 217 g/mol. The van der Waals surface area contributed by atoms with E-state index in [0.717, 1.165) is 24.0 Å². The normalized spacial score (nSPS) is 20.9. The molecule has 0 radical (unpaired) electrons. The zero-order valence-electron chi connectivity index (χ0n) is 10.1. The smallest absolute Gasteiger partial charge is 0.155 e. The Morgan fingerprint density at radius 1 is 1.31 bits per heavy atom. The minimum atomic E-state index is -0.853. The SMILES string of the molecule is [2H]C(C1=CC(=O)CCC1)[C@@H](O)c1ccccc1. The molecule has 2 nitrogen and oxygen atoms in total. The number of carbonyl (C=O) groups excluding carboxylic acids is 1. The van der Waals surface area contributed by atoms with Crippen LogP contribution in [-0.2, 0) is 4.79 Å². The number of hydrogen-bond donors (Lipinski definition) is 1. The molecule has 2 rings (SSSR count).